The van der Waals surface area contributed by atoms with Gasteiger partial charge in [0.05, 0.1) is 6.61 Å². The van der Waals surface area contributed by atoms with Gasteiger partial charge < -0.3 is 25.2 Å². The van der Waals surface area contributed by atoms with E-state index in [4.69, 9.17) is 4.74 Å². The third-order valence-corrected chi connectivity index (χ3v) is 8.08. The Morgan fingerprint density at radius 3 is 2.23 bits per heavy atom. The average Bonchev–Trinajstić information content (AvgIpc) is 3.56. The zero-order chi connectivity index (χ0) is 30.8. The largest absolute Gasteiger partial charge is 0.370 e. The molecule has 0 unspecified atom stereocenters. The molecule has 43 heavy (non-hydrogen) atoms. The highest BCUT2D eigenvalue weighted by atomic mass is 19.1. The van der Waals surface area contributed by atoms with Crippen molar-refractivity contribution in [3.8, 4) is 11.1 Å². The van der Waals surface area contributed by atoms with E-state index in [2.05, 4.69) is 10.6 Å². The molecule has 2 N–H and O–H groups in total. The van der Waals surface area contributed by atoms with Crippen molar-refractivity contribution in [2.24, 2.45) is 0 Å². The van der Waals surface area contributed by atoms with E-state index < -0.39 is 29.7 Å². The predicted molar refractivity (Wildman–Crippen MR) is 165 cm³/mol. The number of ether oxygens (including phenoxy) is 1. The minimum Gasteiger partial charge on any atom is -0.370 e. The third kappa shape index (κ3) is 8.49. The lowest BCUT2D eigenvalue weighted by atomic mass is 9.98. The Balaban J connectivity index is 1.55. The van der Waals surface area contributed by atoms with E-state index in [9.17, 15) is 18.8 Å². The summed E-state index contributed by atoms with van der Waals surface area (Å²) in [6, 6.07) is 22.3. The van der Waals surface area contributed by atoms with E-state index in [-0.39, 0.29) is 31.4 Å². The molecule has 228 valence electrons. The fourth-order valence-corrected chi connectivity index (χ4v) is 5.37. The van der Waals surface area contributed by atoms with E-state index in [0.717, 1.165) is 36.1 Å². The zero-order valence-corrected chi connectivity index (χ0v) is 25.1. The van der Waals surface area contributed by atoms with Crippen LogP contribution in [0.5, 0.6) is 0 Å². The maximum absolute atomic E-state index is 14.5. The first kappa shape index (κ1) is 31.8. The summed E-state index contributed by atoms with van der Waals surface area (Å²) in [6.07, 6.45) is 2.29. The van der Waals surface area contributed by atoms with Gasteiger partial charge in [-0.1, -0.05) is 72.8 Å². The van der Waals surface area contributed by atoms with Crippen LogP contribution in [-0.4, -0.2) is 86.5 Å². The lowest BCUT2D eigenvalue weighted by Crippen LogP contribution is -2.56. The summed E-state index contributed by atoms with van der Waals surface area (Å²) in [4.78, 5) is 43.1. The van der Waals surface area contributed by atoms with Gasteiger partial charge in [-0.25, -0.2) is 4.39 Å². The van der Waals surface area contributed by atoms with Gasteiger partial charge >= 0.3 is 0 Å². The monoisotopic (exact) mass is 588 g/mol. The second-order valence-electron chi connectivity index (χ2n) is 11.0. The Bertz CT molecular complexity index is 1360. The van der Waals surface area contributed by atoms with Gasteiger partial charge in [-0.3, -0.25) is 14.4 Å². The van der Waals surface area contributed by atoms with Crippen molar-refractivity contribution < 1.29 is 23.5 Å². The number of carbonyl (C=O) groups is 3. The molecule has 1 aliphatic rings. The standard InChI is InChI=1S/C34H41FN4O4/c1-36-33(41)30(21-27-12-7-8-14-29(27)35)39(3)34(42)31(38(2)32(40)23-43-22-28-13-9-19-37-28)20-24-15-17-26(18-16-24)25-10-5-4-6-11-25/h4-8,10-12,14-18,28,30-31,37H,9,13,19-23H2,1-3H3,(H,36,41)/t28-,30+,31+/m0/s1. The SMILES string of the molecule is CNC(=O)[C@@H](Cc1ccccc1F)N(C)C(=O)[C@@H](Cc1ccc(-c2ccccc2)cc1)N(C)C(=O)COC[C@@H]1CCCN1. The summed E-state index contributed by atoms with van der Waals surface area (Å²) >= 11 is 0. The lowest BCUT2D eigenvalue weighted by Gasteiger charge is -2.34. The second-order valence-corrected chi connectivity index (χ2v) is 11.0. The second kappa shape index (κ2) is 15.4. The van der Waals surface area contributed by atoms with E-state index in [1.165, 1.54) is 30.0 Å². The summed E-state index contributed by atoms with van der Waals surface area (Å²) in [7, 11) is 4.59. The molecule has 0 spiro atoms. The molecular weight excluding hydrogens is 547 g/mol. The van der Waals surface area contributed by atoms with Crippen molar-refractivity contribution in [1.29, 1.82) is 0 Å². The number of rotatable bonds is 13. The number of likely N-dealkylation sites (N-methyl/N-ethyl adjacent to an activating group) is 3. The smallest absolute Gasteiger partial charge is 0.249 e. The molecule has 1 fully saturated rings. The topological polar surface area (TPSA) is 91.0 Å². The lowest BCUT2D eigenvalue weighted by molar-refractivity contribution is -0.149. The zero-order valence-electron chi connectivity index (χ0n) is 25.1. The van der Waals surface area contributed by atoms with E-state index in [1.54, 1.807) is 25.2 Å². The number of amides is 3. The summed E-state index contributed by atoms with van der Waals surface area (Å²) in [6.45, 7) is 1.19. The van der Waals surface area contributed by atoms with Crippen LogP contribution in [0.4, 0.5) is 4.39 Å². The van der Waals surface area contributed by atoms with Crippen LogP contribution in [0.1, 0.15) is 24.0 Å². The van der Waals surface area contributed by atoms with Crippen molar-refractivity contribution in [3.05, 3.63) is 95.8 Å². The fraction of sp³-hybridized carbons (Fsp3) is 0.382. The molecule has 1 heterocycles. The van der Waals surface area contributed by atoms with Gasteiger partial charge in [0.1, 0.15) is 24.5 Å². The minimum absolute atomic E-state index is 0.0117. The maximum Gasteiger partial charge on any atom is 0.249 e. The molecule has 4 rings (SSSR count). The van der Waals surface area contributed by atoms with Crippen LogP contribution in [0.15, 0.2) is 78.9 Å². The molecule has 1 saturated heterocycles. The van der Waals surface area contributed by atoms with Crippen LogP contribution in [0.25, 0.3) is 11.1 Å². The Morgan fingerprint density at radius 1 is 0.907 bits per heavy atom. The number of carbonyl (C=O) groups excluding carboxylic acids is 3. The molecule has 3 aromatic rings. The van der Waals surface area contributed by atoms with Crippen LogP contribution in [-0.2, 0) is 32.0 Å². The first-order chi connectivity index (χ1) is 20.8. The molecule has 0 aliphatic carbocycles. The van der Waals surface area contributed by atoms with Crippen LogP contribution < -0.4 is 10.6 Å². The Hall–Kier alpha value is -4.08. The normalized spacial score (nSPS) is 15.9. The fourth-order valence-electron chi connectivity index (χ4n) is 5.37. The number of hydrogen-bond acceptors (Lipinski definition) is 5. The molecule has 0 radical (unpaired) electrons. The minimum atomic E-state index is -0.981. The molecule has 1 aliphatic heterocycles. The summed E-state index contributed by atoms with van der Waals surface area (Å²) in [5.41, 5.74) is 3.28. The molecule has 8 nitrogen and oxygen atoms in total. The molecule has 0 aromatic heterocycles. The molecule has 3 aromatic carbocycles. The quantitative estimate of drug-likeness (QED) is 0.319. The average molecular weight is 589 g/mol. The Kier molecular flexibility index (Phi) is 11.4. The third-order valence-electron chi connectivity index (χ3n) is 8.08. The number of benzene rings is 3. The van der Waals surface area contributed by atoms with Gasteiger partial charge in [0.15, 0.2) is 0 Å². The molecule has 0 saturated carbocycles. The van der Waals surface area contributed by atoms with Gasteiger partial charge in [0, 0.05) is 40.0 Å². The summed E-state index contributed by atoms with van der Waals surface area (Å²) < 4.78 is 20.3. The van der Waals surface area contributed by atoms with Crippen LogP contribution >= 0.6 is 0 Å². The Labute approximate surface area is 253 Å². The van der Waals surface area contributed by atoms with E-state index in [0.29, 0.717) is 12.2 Å². The number of hydrogen-bond donors (Lipinski definition) is 2. The number of halogens is 1. The van der Waals surface area contributed by atoms with Crippen LogP contribution in [0.2, 0.25) is 0 Å². The maximum atomic E-state index is 14.5. The molecule has 3 atom stereocenters. The summed E-state index contributed by atoms with van der Waals surface area (Å²) in [5, 5.41) is 5.94. The highest BCUT2D eigenvalue weighted by Gasteiger charge is 2.35. The first-order valence-electron chi connectivity index (χ1n) is 14.7. The van der Waals surface area contributed by atoms with E-state index >= 15 is 0 Å². The van der Waals surface area contributed by atoms with Crippen molar-refractivity contribution in [2.45, 2.75) is 43.8 Å². The molecule has 3 amide bonds. The highest BCUT2D eigenvalue weighted by molar-refractivity contribution is 5.92. The van der Waals surface area contributed by atoms with Crippen molar-refractivity contribution in [1.82, 2.24) is 20.4 Å². The van der Waals surface area contributed by atoms with Crippen LogP contribution in [0.3, 0.4) is 0 Å². The van der Waals surface area contributed by atoms with Crippen molar-refractivity contribution >= 4 is 17.7 Å². The number of nitrogens with one attached hydrogen (secondary N) is 2. The van der Waals surface area contributed by atoms with Crippen LogP contribution in [0, 0.1) is 5.82 Å². The Morgan fingerprint density at radius 2 is 1.58 bits per heavy atom. The van der Waals surface area contributed by atoms with Gasteiger partial charge in [-0.2, -0.15) is 0 Å². The van der Waals surface area contributed by atoms with Crippen molar-refractivity contribution in [2.75, 3.05) is 40.9 Å². The van der Waals surface area contributed by atoms with Gasteiger partial charge in [-0.05, 0) is 47.7 Å². The predicted octanol–water partition coefficient (Wildman–Crippen LogP) is 3.45. The molecule has 0 bridgehead atoms. The van der Waals surface area contributed by atoms with Gasteiger partial charge in [0.25, 0.3) is 0 Å². The van der Waals surface area contributed by atoms with Crippen molar-refractivity contribution in [3.63, 3.8) is 0 Å². The number of nitrogens with zero attached hydrogens (tertiary/aromatic N) is 2. The summed E-state index contributed by atoms with van der Waals surface area (Å²) in [5.74, 6) is -1.64. The van der Waals surface area contributed by atoms with Gasteiger partial charge in [-0.15, -0.1) is 0 Å². The molecular formula is C34H41FN4O4. The highest BCUT2D eigenvalue weighted by Crippen LogP contribution is 2.22. The van der Waals surface area contributed by atoms with Gasteiger partial charge in [0.2, 0.25) is 17.7 Å². The first-order valence-corrected chi connectivity index (χ1v) is 14.7. The van der Waals surface area contributed by atoms with E-state index in [1.807, 2.05) is 54.6 Å². The molecule has 9 heteroatoms.